The number of nitrogens with zero attached hydrogens (tertiary/aromatic N) is 1. The number of hydrogen-bond donors (Lipinski definition) is 0. The van der Waals surface area contributed by atoms with Gasteiger partial charge in [0.15, 0.2) is 0 Å². The number of ether oxygens (including phenoxy) is 1. The molecule has 2 rings (SSSR count). The van der Waals surface area contributed by atoms with E-state index in [0.717, 1.165) is 4.90 Å². The average molecular weight is 286 g/mol. The van der Waals surface area contributed by atoms with Crippen molar-refractivity contribution in [3.63, 3.8) is 0 Å². The van der Waals surface area contributed by atoms with E-state index in [4.69, 9.17) is 27.9 Å². The standard InChI is InChI=1S/C12H9Cl2NOS/c1-17-9-3-5-12(15-7-9)16-11-4-2-8(13)6-10(11)14/h2-7H,1H3. The zero-order valence-corrected chi connectivity index (χ0v) is 11.3. The van der Waals surface area contributed by atoms with Crippen molar-refractivity contribution in [2.45, 2.75) is 4.90 Å². The Morgan fingerprint density at radius 2 is 2.00 bits per heavy atom. The van der Waals surface area contributed by atoms with Gasteiger partial charge in [-0.05, 0) is 30.5 Å². The summed E-state index contributed by atoms with van der Waals surface area (Å²) < 4.78 is 5.55. The van der Waals surface area contributed by atoms with Crippen LogP contribution in [0.25, 0.3) is 0 Å². The number of halogens is 2. The lowest BCUT2D eigenvalue weighted by Crippen LogP contribution is -1.88. The van der Waals surface area contributed by atoms with Crippen LogP contribution in [-0.4, -0.2) is 11.2 Å². The summed E-state index contributed by atoms with van der Waals surface area (Å²) in [5.74, 6) is 1.05. The molecule has 1 aromatic heterocycles. The van der Waals surface area contributed by atoms with Gasteiger partial charge in [-0.2, -0.15) is 0 Å². The van der Waals surface area contributed by atoms with Crippen molar-refractivity contribution >= 4 is 35.0 Å². The molecule has 0 aliphatic heterocycles. The normalized spacial score (nSPS) is 10.3. The molecule has 0 aliphatic rings. The summed E-state index contributed by atoms with van der Waals surface area (Å²) in [6.07, 6.45) is 3.75. The first-order chi connectivity index (χ1) is 8.19. The van der Waals surface area contributed by atoms with E-state index in [2.05, 4.69) is 4.98 Å². The fraction of sp³-hybridized carbons (Fsp3) is 0.0833. The van der Waals surface area contributed by atoms with Crippen molar-refractivity contribution in [2.75, 3.05) is 6.26 Å². The maximum absolute atomic E-state index is 6.00. The second kappa shape index (κ2) is 5.63. The third-order valence-corrected chi connectivity index (χ3v) is 3.30. The predicted molar refractivity (Wildman–Crippen MR) is 72.6 cm³/mol. The molecule has 0 unspecified atom stereocenters. The molecular formula is C12H9Cl2NOS. The van der Waals surface area contributed by atoms with Crippen molar-refractivity contribution < 1.29 is 4.74 Å². The van der Waals surface area contributed by atoms with Gasteiger partial charge in [0, 0.05) is 22.2 Å². The molecular weight excluding hydrogens is 277 g/mol. The fourth-order valence-corrected chi connectivity index (χ4v) is 2.03. The lowest BCUT2D eigenvalue weighted by atomic mass is 10.3. The first kappa shape index (κ1) is 12.6. The highest BCUT2D eigenvalue weighted by molar-refractivity contribution is 7.98. The number of benzene rings is 1. The Labute approximate surface area is 114 Å². The van der Waals surface area contributed by atoms with Gasteiger partial charge in [-0.3, -0.25) is 0 Å². The highest BCUT2D eigenvalue weighted by Crippen LogP contribution is 2.31. The van der Waals surface area contributed by atoms with Crippen LogP contribution < -0.4 is 4.74 Å². The van der Waals surface area contributed by atoms with E-state index in [1.165, 1.54) is 0 Å². The Balaban J connectivity index is 2.19. The largest absolute Gasteiger partial charge is 0.437 e. The summed E-state index contributed by atoms with van der Waals surface area (Å²) in [6, 6.07) is 8.82. The molecule has 88 valence electrons. The summed E-state index contributed by atoms with van der Waals surface area (Å²) in [7, 11) is 0. The van der Waals surface area contributed by atoms with E-state index >= 15 is 0 Å². The Morgan fingerprint density at radius 1 is 1.18 bits per heavy atom. The third-order valence-electron chi connectivity index (χ3n) is 2.05. The minimum atomic E-state index is 0.466. The van der Waals surface area contributed by atoms with E-state index in [-0.39, 0.29) is 0 Å². The minimum absolute atomic E-state index is 0.466. The van der Waals surface area contributed by atoms with Crippen LogP contribution >= 0.6 is 35.0 Å². The molecule has 0 atom stereocenters. The van der Waals surface area contributed by atoms with Gasteiger partial charge >= 0.3 is 0 Å². The van der Waals surface area contributed by atoms with Crippen LogP contribution in [0.15, 0.2) is 41.4 Å². The van der Waals surface area contributed by atoms with E-state index in [9.17, 15) is 0 Å². The molecule has 2 nitrogen and oxygen atoms in total. The van der Waals surface area contributed by atoms with Crippen LogP contribution in [0.4, 0.5) is 0 Å². The Bertz CT molecular complexity index is 516. The monoisotopic (exact) mass is 285 g/mol. The number of pyridine rings is 1. The van der Waals surface area contributed by atoms with Crippen molar-refractivity contribution in [1.29, 1.82) is 0 Å². The molecule has 0 amide bonds. The van der Waals surface area contributed by atoms with Gasteiger partial charge < -0.3 is 4.74 Å². The first-order valence-corrected chi connectivity index (χ1v) is 6.80. The summed E-state index contributed by atoms with van der Waals surface area (Å²) in [5, 5.41) is 1.04. The third kappa shape index (κ3) is 3.28. The van der Waals surface area contributed by atoms with Gasteiger partial charge in [0.2, 0.25) is 5.88 Å². The Kier molecular flexibility index (Phi) is 4.15. The Morgan fingerprint density at radius 3 is 2.59 bits per heavy atom. The maximum atomic E-state index is 6.00. The fourth-order valence-electron chi connectivity index (χ4n) is 1.22. The molecule has 1 aromatic carbocycles. The summed E-state index contributed by atoms with van der Waals surface area (Å²) in [4.78, 5) is 5.26. The van der Waals surface area contributed by atoms with Crippen LogP contribution in [-0.2, 0) is 0 Å². The second-order valence-corrected chi connectivity index (χ2v) is 4.94. The van der Waals surface area contributed by atoms with E-state index in [1.807, 2.05) is 12.3 Å². The van der Waals surface area contributed by atoms with Gasteiger partial charge in [-0.15, -0.1) is 11.8 Å². The van der Waals surface area contributed by atoms with Crippen LogP contribution in [0.2, 0.25) is 10.0 Å². The first-order valence-electron chi connectivity index (χ1n) is 4.82. The van der Waals surface area contributed by atoms with Crippen LogP contribution in [0.5, 0.6) is 11.6 Å². The summed E-state index contributed by atoms with van der Waals surface area (Å²) in [5.41, 5.74) is 0. The number of hydrogen-bond acceptors (Lipinski definition) is 3. The van der Waals surface area contributed by atoms with E-state index < -0.39 is 0 Å². The van der Waals surface area contributed by atoms with Gasteiger partial charge in [-0.25, -0.2) is 4.98 Å². The SMILES string of the molecule is CSc1ccc(Oc2ccc(Cl)cc2Cl)nc1. The molecule has 0 saturated carbocycles. The summed E-state index contributed by atoms with van der Waals surface area (Å²) >= 11 is 13.4. The molecule has 5 heteroatoms. The molecule has 0 N–H and O–H groups in total. The molecule has 1 heterocycles. The minimum Gasteiger partial charge on any atom is -0.437 e. The lowest BCUT2D eigenvalue weighted by molar-refractivity contribution is 0.462. The second-order valence-electron chi connectivity index (χ2n) is 3.21. The Hall–Kier alpha value is -0.900. The van der Waals surface area contributed by atoms with Gasteiger partial charge in [0.05, 0.1) is 5.02 Å². The maximum Gasteiger partial charge on any atom is 0.219 e. The van der Waals surface area contributed by atoms with Crippen molar-refractivity contribution in [3.05, 3.63) is 46.6 Å². The highest BCUT2D eigenvalue weighted by atomic mass is 35.5. The topological polar surface area (TPSA) is 22.1 Å². The zero-order valence-electron chi connectivity index (χ0n) is 8.98. The predicted octanol–water partition coefficient (Wildman–Crippen LogP) is 4.90. The van der Waals surface area contributed by atoms with Crippen molar-refractivity contribution in [3.8, 4) is 11.6 Å². The molecule has 0 saturated heterocycles. The molecule has 2 aromatic rings. The number of thioether (sulfide) groups is 1. The van der Waals surface area contributed by atoms with E-state index in [0.29, 0.717) is 21.7 Å². The molecule has 0 aliphatic carbocycles. The molecule has 0 bridgehead atoms. The quantitative estimate of drug-likeness (QED) is 0.749. The van der Waals surface area contributed by atoms with E-state index in [1.54, 1.807) is 42.2 Å². The number of rotatable bonds is 3. The smallest absolute Gasteiger partial charge is 0.219 e. The zero-order chi connectivity index (χ0) is 12.3. The number of aromatic nitrogens is 1. The van der Waals surface area contributed by atoms with Crippen LogP contribution in [0.1, 0.15) is 0 Å². The van der Waals surface area contributed by atoms with Gasteiger partial charge in [0.25, 0.3) is 0 Å². The lowest BCUT2D eigenvalue weighted by Gasteiger charge is -2.06. The van der Waals surface area contributed by atoms with Crippen molar-refractivity contribution in [1.82, 2.24) is 4.98 Å². The average Bonchev–Trinajstić information content (AvgIpc) is 2.34. The van der Waals surface area contributed by atoms with Gasteiger partial charge in [-0.1, -0.05) is 23.2 Å². The van der Waals surface area contributed by atoms with Crippen LogP contribution in [0.3, 0.4) is 0 Å². The summed E-state index contributed by atoms with van der Waals surface area (Å²) in [6.45, 7) is 0. The van der Waals surface area contributed by atoms with Crippen LogP contribution in [0, 0.1) is 0 Å². The molecule has 0 fully saturated rings. The molecule has 0 radical (unpaired) electrons. The van der Waals surface area contributed by atoms with Crippen molar-refractivity contribution in [2.24, 2.45) is 0 Å². The molecule has 0 spiro atoms. The molecule has 17 heavy (non-hydrogen) atoms. The highest BCUT2D eigenvalue weighted by Gasteiger charge is 2.04. The van der Waals surface area contributed by atoms with Gasteiger partial charge in [0.1, 0.15) is 5.75 Å².